The number of aromatic nitrogens is 2. The Morgan fingerprint density at radius 1 is 1.22 bits per heavy atom. The summed E-state index contributed by atoms with van der Waals surface area (Å²) in [6.45, 7) is 8.54. The fourth-order valence-corrected chi connectivity index (χ4v) is 2.81. The summed E-state index contributed by atoms with van der Waals surface area (Å²) >= 11 is 0. The highest BCUT2D eigenvalue weighted by atomic mass is 16.1. The zero-order chi connectivity index (χ0) is 16.6. The molecule has 4 nitrogen and oxygen atoms in total. The Hall–Kier alpha value is -2.10. The van der Waals surface area contributed by atoms with Gasteiger partial charge in [0.15, 0.2) is 0 Å². The number of hydrogen-bond acceptors (Lipinski definition) is 2. The molecule has 0 unspecified atom stereocenters. The number of anilines is 1. The minimum absolute atomic E-state index is 0.119. The number of rotatable bonds is 3. The van der Waals surface area contributed by atoms with Crippen molar-refractivity contribution in [3.8, 4) is 11.3 Å². The third-order valence-corrected chi connectivity index (χ3v) is 4.70. The van der Waals surface area contributed by atoms with Crippen LogP contribution < -0.4 is 5.32 Å². The highest BCUT2D eigenvalue weighted by molar-refractivity contribution is 5.97. The Bertz CT molecular complexity index is 703. The first-order valence-corrected chi connectivity index (χ1v) is 8.33. The van der Waals surface area contributed by atoms with Crippen LogP contribution in [0.25, 0.3) is 11.3 Å². The normalized spacial score (nSPS) is 15.3. The van der Waals surface area contributed by atoms with E-state index in [9.17, 15) is 4.79 Å². The zero-order valence-electron chi connectivity index (χ0n) is 14.4. The number of hydrogen-bond donors (Lipinski definition) is 2. The molecule has 23 heavy (non-hydrogen) atoms. The molecule has 1 aliphatic carbocycles. The second kappa shape index (κ2) is 5.84. The SMILES string of the molecule is Cc1[nH]nc(-c2ccc(C(C)(C)C)cc2)c1NC(=O)C1CCC1. The molecule has 1 aromatic carbocycles. The van der Waals surface area contributed by atoms with E-state index in [2.05, 4.69) is 60.6 Å². The van der Waals surface area contributed by atoms with E-state index >= 15 is 0 Å². The van der Waals surface area contributed by atoms with E-state index in [1.165, 1.54) is 5.56 Å². The minimum Gasteiger partial charge on any atom is -0.322 e. The van der Waals surface area contributed by atoms with Crippen LogP contribution >= 0.6 is 0 Å². The lowest BCUT2D eigenvalue weighted by Gasteiger charge is -2.24. The molecule has 1 saturated carbocycles. The molecule has 1 heterocycles. The third kappa shape index (κ3) is 3.16. The van der Waals surface area contributed by atoms with Crippen molar-refractivity contribution in [2.45, 2.75) is 52.4 Å². The Morgan fingerprint density at radius 3 is 2.39 bits per heavy atom. The van der Waals surface area contributed by atoms with Crippen molar-refractivity contribution in [2.75, 3.05) is 5.32 Å². The van der Waals surface area contributed by atoms with Gasteiger partial charge in [-0.3, -0.25) is 9.89 Å². The summed E-state index contributed by atoms with van der Waals surface area (Å²) in [6, 6.07) is 8.43. The molecule has 0 saturated heterocycles. The number of nitrogens with one attached hydrogen (secondary N) is 2. The molecule has 1 amide bonds. The summed E-state index contributed by atoms with van der Waals surface area (Å²) in [4.78, 5) is 12.3. The number of carbonyl (C=O) groups excluding carboxylic acids is 1. The van der Waals surface area contributed by atoms with E-state index in [4.69, 9.17) is 0 Å². The Kier molecular flexibility index (Phi) is 4.00. The molecule has 3 rings (SSSR count). The lowest BCUT2D eigenvalue weighted by atomic mass is 9.84. The average Bonchev–Trinajstić information content (AvgIpc) is 2.77. The van der Waals surface area contributed by atoms with Crippen LogP contribution in [0.2, 0.25) is 0 Å². The molecule has 1 aromatic heterocycles. The molecule has 0 spiro atoms. The molecule has 0 bridgehead atoms. The molecule has 0 aliphatic heterocycles. The molecule has 2 aromatic rings. The van der Waals surface area contributed by atoms with Crippen LogP contribution in [-0.4, -0.2) is 16.1 Å². The fourth-order valence-electron chi connectivity index (χ4n) is 2.81. The van der Waals surface area contributed by atoms with Gasteiger partial charge in [-0.25, -0.2) is 0 Å². The summed E-state index contributed by atoms with van der Waals surface area (Å²) in [6.07, 6.45) is 3.15. The molecule has 0 radical (unpaired) electrons. The number of nitrogens with zero attached hydrogens (tertiary/aromatic N) is 1. The standard InChI is InChI=1S/C19H25N3O/c1-12-16(20-18(23)14-6-5-7-14)17(22-21-12)13-8-10-15(11-9-13)19(2,3)4/h8-11,14H,5-7H2,1-4H3,(H,20,23)(H,21,22). The van der Waals surface area contributed by atoms with Crippen LogP contribution in [0, 0.1) is 12.8 Å². The predicted molar refractivity (Wildman–Crippen MR) is 93.4 cm³/mol. The number of H-pyrrole nitrogens is 1. The van der Waals surface area contributed by atoms with Gasteiger partial charge in [-0.15, -0.1) is 0 Å². The van der Waals surface area contributed by atoms with Crippen molar-refractivity contribution in [1.82, 2.24) is 10.2 Å². The summed E-state index contributed by atoms with van der Waals surface area (Å²) in [5.74, 6) is 0.286. The molecule has 0 atom stereocenters. The van der Waals surface area contributed by atoms with Crippen LogP contribution in [0.5, 0.6) is 0 Å². The van der Waals surface area contributed by atoms with Crippen molar-refractivity contribution in [1.29, 1.82) is 0 Å². The van der Waals surface area contributed by atoms with Gasteiger partial charge < -0.3 is 5.32 Å². The van der Waals surface area contributed by atoms with Gasteiger partial charge in [-0.2, -0.15) is 5.10 Å². The molecular weight excluding hydrogens is 286 g/mol. The Balaban J connectivity index is 1.86. The maximum atomic E-state index is 12.3. The summed E-state index contributed by atoms with van der Waals surface area (Å²) in [5.41, 5.74) is 4.95. The fraction of sp³-hybridized carbons (Fsp3) is 0.474. The minimum atomic E-state index is 0.119. The van der Waals surface area contributed by atoms with Gasteiger partial charge in [0.05, 0.1) is 11.4 Å². The average molecular weight is 311 g/mol. The lowest BCUT2D eigenvalue weighted by Crippen LogP contribution is -2.28. The molecule has 1 aliphatic rings. The second-order valence-corrected chi connectivity index (χ2v) is 7.52. The smallest absolute Gasteiger partial charge is 0.227 e. The summed E-state index contributed by atoms with van der Waals surface area (Å²) < 4.78 is 0. The third-order valence-electron chi connectivity index (χ3n) is 4.70. The van der Waals surface area contributed by atoms with Gasteiger partial charge in [-0.1, -0.05) is 51.5 Å². The first-order chi connectivity index (χ1) is 10.9. The van der Waals surface area contributed by atoms with Crippen molar-refractivity contribution in [3.05, 3.63) is 35.5 Å². The van der Waals surface area contributed by atoms with Gasteiger partial charge in [0.2, 0.25) is 5.91 Å². The van der Waals surface area contributed by atoms with E-state index in [0.29, 0.717) is 0 Å². The maximum absolute atomic E-state index is 12.3. The predicted octanol–water partition coefficient (Wildman–Crippen LogP) is 4.42. The van der Waals surface area contributed by atoms with E-state index in [1.807, 2.05) is 6.92 Å². The van der Waals surface area contributed by atoms with Crippen LogP contribution in [0.3, 0.4) is 0 Å². The van der Waals surface area contributed by atoms with Crippen LogP contribution in [-0.2, 0) is 10.2 Å². The van der Waals surface area contributed by atoms with Crippen molar-refractivity contribution in [3.63, 3.8) is 0 Å². The van der Waals surface area contributed by atoms with Crippen molar-refractivity contribution >= 4 is 11.6 Å². The first kappa shape index (κ1) is 15.8. The van der Waals surface area contributed by atoms with Gasteiger partial charge in [-0.05, 0) is 30.7 Å². The topological polar surface area (TPSA) is 57.8 Å². The molecule has 1 fully saturated rings. The van der Waals surface area contributed by atoms with Gasteiger partial charge in [0.1, 0.15) is 5.69 Å². The molecule has 122 valence electrons. The van der Waals surface area contributed by atoms with Gasteiger partial charge >= 0.3 is 0 Å². The van der Waals surface area contributed by atoms with Crippen LogP contribution in [0.15, 0.2) is 24.3 Å². The van der Waals surface area contributed by atoms with Crippen molar-refractivity contribution in [2.24, 2.45) is 5.92 Å². The van der Waals surface area contributed by atoms with E-state index < -0.39 is 0 Å². The van der Waals surface area contributed by atoms with Crippen molar-refractivity contribution < 1.29 is 4.79 Å². The molecule has 2 N–H and O–H groups in total. The Morgan fingerprint density at radius 2 is 1.87 bits per heavy atom. The Labute approximate surface area is 137 Å². The van der Waals surface area contributed by atoms with Crippen LogP contribution in [0.4, 0.5) is 5.69 Å². The van der Waals surface area contributed by atoms with E-state index in [1.54, 1.807) is 0 Å². The quantitative estimate of drug-likeness (QED) is 0.881. The number of aromatic amines is 1. The number of benzene rings is 1. The monoisotopic (exact) mass is 311 g/mol. The maximum Gasteiger partial charge on any atom is 0.227 e. The summed E-state index contributed by atoms with van der Waals surface area (Å²) in [7, 11) is 0. The van der Waals surface area contributed by atoms with Crippen LogP contribution in [0.1, 0.15) is 51.3 Å². The highest BCUT2D eigenvalue weighted by Gasteiger charge is 2.27. The molecular formula is C19H25N3O. The van der Waals surface area contributed by atoms with Gasteiger partial charge in [0.25, 0.3) is 0 Å². The zero-order valence-corrected chi connectivity index (χ0v) is 14.4. The number of aryl methyl sites for hydroxylation is 1. The van der Waals surface area contributed by atoms with E-state index in [0.717, 1.165) is 41.9 Å². The number of amides is 1. The molecule has 4 heteroatoms. The number of carbonyl (C=O) groups is 1. The van der Waals surface area contributed by atoms with E-state index in [-0.39, 0.29) is 17.2 Å². The largest absolute Gasteiger partial charge is 0.322 e. The summed E-state index contributed by atoms with van der Waals surface area (Å²) in [5, 5.41) is 10.5. The lowest BCUT2D eigenvalue weighted by molar-refractivity contribution is -0.122. The second-order valence-electron chi connectivity index (χ2n) is 7.52. The van der Waals surface area contributed by atoms with Gasteiger partial charge in [0, 0.05) is 11.5 Å². The first-order valence-electron chi connectivity index (χ1n) is 8.33. The highest BCUT2D eigenvalue weighted by Crippen LogP contribution is 2.33.